The van der Waals surface area contributed by atoms with Crippen LogP contribution in [0.2, 0.25) is 0 Å². The summed E-state index contributed by atoms with van der Waals surface area (Å²) in [5, 5.41) is 16.1. The van der Waals surface area contributed by atoms with Gasteiger partial charge in [0.05, 0.1) is 18.8 Å². The highest BCUT2D eigenvalue weighted by Crippen LogP contribution is 2.43. The zero-order valence-electron chi connectivity index (χ0n) is 26.2. The first-order chi connectivity index (χ1) is 23.1. The number of thioether (sulfide) groups is 1. The predicted octanol–water partition coefficient (Wildman–Crippen LogP) is 7.22. The lowest BCUT2D eigenvalue weighted by Crippen LogP contribution is -2.38. The molecule has 4 unspecified atom stereocenters. The first-order valence-corrected chi connectivity index (χ1v) is 16.7. The van der Waals surface area contributed by atoms with Crippen molar-refractivity contribution in [3.05, 3.63) is 149 Å². The second-order valence-electron chi connectivity index (χ2n) is 11.5. The van der Waals surface area contributed by atoms with Gasteiger partial charge in [0, 0.05) is 42.7 Å². The Hall–Kier alpha value is -4.54. The van der Waals surface area contributed by atoms with Crippen molar-refractivity contribution in [1.82, 2.24) is 20.6 Å². The van der Waals surface area contributed by atoms with E-state index in [2.05, 4.69) is 51.8 Å². The number of benzene rings is 4. The molecule has 4 atom stereocenters. The van der Waals surface area contributed by atoms with Crippen LogP contribution in [0.3, 0.4) is 0 Å². The Kier molecular flexibility index (Phi) is 10.9. The molecule has 47 heavy (non-hydrogen) atoms. The Labute approximate surface area is 279 Å². The van der Waals surface area contributed by atoms with Crippen molar-refractivity contribution >= 4 is 17.8 Å². The molecule has 9 heteroatoms. The van der Waals surface area contributed by atoms with Gasteiger partial charge in [0.2, 0.25) is 0 Å². The van der Waals surface area contributed by atoms with E-state index in [0.29, 0.717) is 24.0 Å². The van der Waals surface area contributed by atoms with Crippen molar-refractivity contribution < 1.29 is 19.4 Å². The molecular formula is C38H38N4O4S. The molecule has 1 aliphatic heterocycles. The molecule has 1 aliphatic rings. The number of aromatic nitrogens is 2. The third kappa shape index (κ3) is 8.64. The Morgan fingerprint density at radius 3 is 2.17 bits per heavy atom. The fourth-order valence-electron chi connectivity index (χ4n) is 5.58. The van der Waals surface area contributed by atoms with E-state index in [1.54, 1.807) is 24.2 Å². The van der Waals surface area contributed by atoms with Gasteiger partial charge < -0.3 is 25.2 Å². The van der Waals surface area contributed by atoms with E-state index >= 15 is 0 Å². The second kappa shape index (κ2) is 15.8. The molecule has 0 aliphatic carbocycles. The number of nitrogens with zero attached hydrogens (tertiary/aromatic N) is 2. The zero-order chi connectivity index (χ0) is 32.4. The van der Waals surface area contributed by atoms with Crippen LogP contribution in [-0.4, -0.2) is 33.0 Å². The normalized spacial score (nSPS) is 19.2. The van der Waals surface area contributed by atoms with E-state index in [-0.39, 0.29) is 30.8 Å². The van der Waals surface area contributed by atoms with E-state index in [0.717, 1.165) is 38.9 Å². The summed E-state index contributed by atoms with van der Waals surface area (Å²) in [6, 6.07) is 35.7. The number of amides is 2. The highest BCUT2D eigenvalue weighted by molar-refractivity contribution is 7.99. The topological polar surface area (TPSA) is 106 Å². The molecule has 1 aromatic heterocycles. The molecule has 0 spiro atoms. The lowest BCUT2D eigenvalue weighted by atomic mass is 9.91. The number of nitrogens with one attached hydrogen (secondary N) is 2. The molecule has 8 nitrogen and oxygen atoms in total. The van der Waals surface area contributed by atoms with E-state index < -0.39 is 6.29 Å². The first-order valence-electron chi connectivity index (χ1n) is 15.7. The maximum atomic E-state index is 12.4. The Morgan fingerprint density at radius 2 is 1.43 bits per heavy atom. The van der Waals surface area contributed by atoms with Crippen LogP contribution < -0.4 is 10.6 Å². The summed E-state index contributed by atoms with van der Waals surface area (Å²) in [4.78, 5) is 21.2. The lowest BCUT2D eigenvalue weighted by molar-refractivity contribution is -0.268. The van der Waals surface area contributed by atoms with Gasteiger partial charge in [-0.15, -0.1) is 0 Å². The SMILES string of the molecule is CC1C(CSc2ncccn2)OC(c2cccc(-c3cccc(CNC(=O)NCc4ccccc4)c3)c2)OC1c1ccc(CO)cc1. The fourth-order valence-corrected chi connectivity index (χ4v) is 6.54. The van der Waals surface area contributed by atoms with Crippen LogP contribution in [0.4, 0.5) is 4.79 Å². The maximum absolute atomic E-state index is 12.4. The summed E-state index contributed by atoms with van der Waals surface area (Å²) in [6.45, 7) is 3.02. The van der Waals surface area contributed by atoms with Gasteiger partial charge in [0.1, 0.15) is 0 Å². The third-order valence-corrected chi connectivity index (χ3v) is 9.17. The molecule has 0 radical (unpaired) electrons. The third-order valence-electron chi connectivity index (χ3n) is 8.21. The van der Waals surface area contributed by atoms with Gasteiger partial charge >= 0.3 is 6.03 Å². The molecule has 1 saturated heterocycles. The molecule has 5 aromatic rings. The van der Waals surface area contributed by atoms with Gasteiger partial charge in [-0.3, -0.25) is 0 Å². The molecule has 3 N–H and O–H groups in total. The van der Waals surface area contributed by atoms with Crippen molar-refractivity contribution in [3.63, 3.8) is 0 Å². The number of aliphatic hydroxyl groups excluding tert-OH is 1. The van der Waals surface area contributed by atoms with Crippen LogP contribution in [-0.2, 0) is 29.2 Å². The Balaban J connectivity index is 1.17. The van der Waals surface area contributed by atoms with Crippen molar-refractivity contribution in [2.45, 2.75) is 50.3 Å². The Morgan fingerprint density at radius 1 is 0.745 bits per heavy atom. The molecule has 240 valence electrons. The molecule has 2 heterocycles. The van der Waals surface area contributed by atoms with Crippen molar-refractivity contribution in [3.8, 4) is 11.1 Å². The molecule has 2 amide bonds. The summed E-state index contributed by atoms with van der Waals surface area (Å²) in [5.74, 6) is 0.726. The highest BCUT2D eigenvalue weighted by atomic mass is 32.2. The minimum Gasteiger partial charge on any atom is -0.392 e. The summed E-state index contributed by atoms with van der Waals surface area (Å²) >= 11 is 1.57. The van der Waals surface area contributed by atoms with Gasteiger partial charge in [-0.25, -0.2) is 14.8 Å². The zero-order valence-corrected chi connectivity index (χ0v) is 27.0. The minimum atomic E-state index is -0.589. The van der Waals surface area contributed by atoms with E-state index in [9.17, 15) is 9.90 Å². The van der Waals surface area contributed by atoms with Gasteiger partial charge in [0.25, 0.3) is 0 Å². The van der Waals surface area contributed by atoms with Crippen LogP contribution in [0.5, 0.6) is 0 Å². The van der Waals surface area contributed by atoms with E-state index in [4.69, 9.17) is 9.47 Å². The van der Waals surface area contributed by atoms with Gasteiger partial charge in [-0.05, 0) is 51.6 Å². The second-order valence-corrected chi connectivity index (χ2v) is 12.5. The number of aliphatic hydroxyl groups is 1. The van der Waals surface area contributed by atoms with Crippen LogP contribution >= 0.6 is 11.8 Å². The quantitative estimate of drug-likeness (QED) is 0.103. The number of urea groups is 1. The molecular weight excluding hydrogens is 609 g/mol. The minimum absolute atomic E-state index is 0.00502. The van der Waals surface area contributed by atoms with E-state index in [1.807, 2.05) is 84.9 Å². The maximum Gasteiger partial charge on any atom is 0.315 e. The summed E-state index contributed by atoms with van der Waals surface area (Å²) in [7, 11) is 0. The molecule has 6 rings (SSSR count). The average molecular weight is 647 g/mol. The lowest BCUT2D eigenvalue weighted by Gasteiger charge is -2.41. The van der Waals surface area contributed by atoms with Crippen LogP contribution in [0.1, 0.15) is 47.1 Å². The smallest absolute Gasteiger partial charge is 0.315 e. The highest BCUT2D eigenvalue weighted by Gasteiger charge is 2.38. The van der Waals surface area contributed by atoms with Gasteiger partial charge in [-0.2, -0.15) is 0 Å². The number of carbonyl (C=O) groups excluding carboxylic acids is 1. The molecule has 0 bridgehead atoms. The number of rotatable bonds is 11. The number of carbonyl (C=O) groups is 1. The monoisotopic (exact) mass is 646 g/mol. The summed E-state index contributed by atoms with van der Waals surface area (Å²) in [5.41, 5.74) is 6.91. The van der Waals surface area contributed by atoms with Crippen molar-refractivity contribution in [2.24, 2.45) is 5.92 Å². The van der Waals surface area contributed by atoms with Crippen LogP contribution in [0.15, 0.2) is 127 Å². The molecule has 1 fully saturated rings. The fraction of sp³-hybridized carbons (Fsp3) is 0.237. The predicted molar refractivity (Wildman–Crippen MR) is 183 cm³/mol. The van der Waals surface area contributed by atoms with Crippen LogP contribution in [0, 0.1) is 5.92 Å². The summed E-state index contributed by atoms with van der Waals surface area (Å²) < 4.78 is 13.3. The van der Waals surface area contributed by atoms with Gasteiger partial charge in [-0.1, -0.05) is 110 Å². The molecule has 0 saturated carbocycles. The van der Waals surface area contributed by atoms with E-state index in [1.165, 1.54) is 0 Å². The van der Waals surface area contributed by atoms with Crippen molar-refractivity contribution in [1.29, 1.82) is 0 Å². The van der Waals surface area contributed by atoms with Crippen molar-refractivity contribution in [2.75, 3.05) is 5.75 Å². The largest absolute Gasteiger partial charge is 0.392 e. The number of ether oxygens (including phenoxy) is 2. The summed E-state index contributed by atoms with van der Waals surface area (Å²) in [6.07, 6.45) is 2.56. The number of hydrogen-bond donors (Lipinski definition) is 3. The van der Waals surface area contributed by atoms with Crippen LogP contribution in [0.25, 0.3) is 11.1 Å². The van der Waals surface area contributed by atoms with Gasteiger partial charge in [0.15, 0.2) is 11.4 Å². The molecule has 4 aromatic carbocycles. The average Bonchev–Trinajstić information content (AvgIpc) is 3.14. The first kappa shape index (κ1) is 32.4. The Bertz CT molecular complexity index is 1740. The number of hydrogen-bond acceptors (Lipinski definition) is 7. The standard InChI is InChI=1S/C38H38N4O4S/c1-26-34(25-47-38-39-18-7-19-40-38)45-36(46-35(26)30-16-14-28(24-43)15-17-30)33-13-6-12-32(21-33)31-11-5-10-29(20-31)23-42-37(44)41-22-27-8-3-2-4-9-27/h2-21,26,34-36,43H,22-25H2,1H3,(H2,41,42,44).